The molecule has 0 aliphatic heterocycles. The van der Waals surface area contributed by atoms with Crippen molar-refractivity contribution in [2.24, 2.45) is 12.8 Å². The first-order valence-corrected chi connectivity index (χ1v) is 6.17. The molecule has 19 heavy (non-hydrogen) atoms. The van der Waals surface area contributed by atoms with Crippen LogP contribution in [0.5, 0.6) is 0 Å². The number of nitrogens with two attached hydrogens (primary N) is 1. The average molecular weight is 258 g/mol. The molecule has 0 saturated heterocycles. The number of carbonyl (C=O) groups excluding carboxylic acids is 1. The molecule has 0 atom stereocenters. The van der Waals surface area contributed by atoms with E-state index >= 15 is 0 Å². The van der Waals surface area contributed by atoms with E-state index in [1.54, 1.807) is 17.8 Å². The van der Waals surface area contributed by atoms with Crippen molar-refractivity contribution in [2.45, 2.75) is 20.0 Å². The highest BCUT2D eigenvalue weighted by Crippen LogP contribution is 2.08. The summed E-state index contributed by atoms with van der Waals surface area (Å²) in [4.78, 5) is 12.0. The molecule has 5 heteroatoms. The van der Waals surface area contributed by atoms with E-state index in [1.165, 1.54) is 0 Å². The van der Waals surface area contributed by atoms with Gasteiger partial charge in [-0.25, -0.2) is 0 Å². The monoisotopic (exact) mass is 258 g/mol. The minimum Gasteiger partial charge on any atom is -0.347 e. The molecular weight excluding hydrogens is 240 g/mol. The molecule has 0 bridgehead atoms. The summed E-state index contributed by atoms with van der Waals surface area (Å²) in [5.41, 5.74) is 9.14. The molecule has 0 aliphatic rings. The highest BCUT2D eigenvalue weighted by molar-refractivity contribution is 5.92. The molecule has 0 fully saturated rings. The zero-order valence-electron chi connectivity index (χ0n) is 11.2. The maximum atomic E-state index is 12.0. The zero-order valence-corrected chi connectivity index (χ0v) is 11.2. The Kier molecular flexibility index (Phi) is 3.97. The largest absolute Gasteiger partial charge is 0.347 e. The zero-order chi connectivity index (χ0) is 13.8. The Morgan fingerprint density at radius 1 is 1.37 bits per heavy atom. The molecule has 0 aliphatic carbocycles. The van der Waals surface area contributed by atoms with E-state index in [-0.39, 0.29) is 5.91 Å². The van der Waals surface area contributed by atoms with E-state index in [1.807, 2.05) is 31.2 Å². The number of hydrogen-bond acceptors (Lipinski definition) is 3. The molecule has 2 rings (SSSR count). The number of amides is 1. The van der Waals surface area contributed by atoms with Gasteiger partial charge in [0.1, 0.15) is 5.69 Å². The minimum absolute atomic E-state index is 0.130. The predicted octanol–water partition coefficient (Wildman–Crippen LogP) is 1.12. The number of aromatic nitrogens is 2. The first-order valence-electron chi connectivity index (χ1n) is 6.17. The number of nitrogens with one attached hydrogen (secondary N) is 1. The lowest BCUT2D eigenvalue weighted by molar-refractivity contribution is 0.0941. The molecule has 1 heterocycles. The minimum atomic E-state index is -0.130. The maximum absolute atomic E-state index is 12.0. The van der Waals surface area contributed by atoms with Crippen molar-refractivity contribution in [1.82, 2.24) is 15.1 Å². The molecule has 1 aromatic heterocycles. The van der Waals surface area contributed by atoms with Gasteiger partial charge in [-0.1, -0.05) is 24.3 Å². The van der Waals surface area contributed by atoms with E-state index in [9.17, 15) is 4.79 Å². The summed E-state index contributed by atoms with van der Waals surface area (Å²) in [5.74, 6) is -0.130. The first kappa shape index (κ1) is 13.3. The molecule has 0 unspecified atom stereocenters. The fourth-order valence-electron chi connectivity index (χ4n) is 2.02. The summed E-state index contributed by atoms with van der Waals surface area (Å²) in [7, 11) is 1.76. The molecule has 100 valence electrons. The number of hydrogen-bond donors (Lipinski definition) is 2. The lowest BCUT2D eigenvalue weighted by atomic mass is 10.1. The second-order valence-corrected chi connectivity index (χ2v) is 4.45. The van der Waals surface area contributed by atoms with Crippen LogP contribution in [0.25, 0.3) is 0 Å². The topological polar surface area (TPSA) is 72.9 Å². The van der Waals surface area contributed by atoms with Crippen molar-refractivity contribution in [3.63, 3.8) is 0 Å². The Hall–Kier alpha value is -2.14. The average Bonchev–Trinajstić information content (AvgIpc) is 2.75. The maximum Gasteiger partial charge on any atom is 0.269 e. The van der Waals surface area contributed by atoms with Crippen LogP contribution in [0.15, 0.2) is 30.3 Å². The van der Waals surface area contributed by atoms with Crippen molar-refractivity contribution in [2.75, 3.05) is 0 Å². The van der Waals surface area contributed by atoms with E-state index in [0.717, 1.165) is 16.8 Å². The fraction of sp³-hybridized carbons (Fsp3) is 0.286. The van der Waals surface area contributed by atoms with Crippen molar-refractivity contribution in [3.8, 4) is 0 Å². The second kappa shape index (κ2) is 5.67. The van der Waals surface area contributed by atoms with Crippen molar-refractivity contribution in [3.05, 3.63) is 52.8 Å². The summed E-state index contributed by atoms with van der Waals surface area (Å²) in [6, 6.07) is 9.59. The van der Waals surface area contributed by atoms with Gasteiger partial charge < -0.3 is 11.1 Å². The third-order valence-electron chi connectivity index (χ3n) is 3.01. The van der Waals surface area contributed by atoms with Gasteiger partial charge in [-0.15, -0.1) is 0 Å². The third-order valence-corrected chi connectivity index (χ3v) is 3.01. The molecule has 1 aromatic carbocycles. The van der Waals surface area contributed by atoms with Crippen molar-refractivity contribution >= 4 is 5.91 Å². The Bertz CT molecular complexity index is 589. The molecule has 1 amide bonds. The Balaban J connectivity index is 2.06. The van der Waals surface area contributed by atoms with Crippen LogP contribution in [0, 0.1) is 6.92 Å². The summed E-state index contributed by atoms with van der Waals surface area (Å²) >= 11 is 0. The lowest BCUT2D eigenvalue weighted by Crippen LogP contribution is -2.25. The normalized spacial score (nSPS) is 10.5. The predicted molar refractivity (Wildman–Crippen MR) is 73.4 cm³/mol. The molecule has 3 N–H and O–H groups in total. The molecule has 0 spiro atoms. The van der Waals surface area contributed by atoms with Gasteiger partial charge in [0, 0.05) is 20.1 Å². The van der Waals surface area contributed by atoms with E-state index in [2.05, 4.69) is 10.4 Å². The van der Waals surface area contributed by atoms with Gasteiger partial charge in [0.25, 0.3) is 5.91 Å². The van der Waals surface area contributed by atoms with Crippen LogP contribution in [0.2, 0.25) is 0 Å². The summed E-state index contributed by atoms with van der Waals surface area (Å²) < 4.78 is 1.58. The van der Waals surface area contributed by atoms with E-state index in [4.69, 9.17) is 5.73 Å². The van der Waals surface area contributed by atoms with Crippen LogP contribution in [-0.2, 0) is 20.1 Å². The molecule has 5 nitrogen and oxygen atoms in total. The Labute approximate surface area is 112 Å². The number of rotatable bonds is 4. The molecular formula is C14H18N4O. The van der Waals surface area contributed by atoms with Crippen LogP contribution >= 0.6 is 0 Å². The van der Waals surface area contributed by atoms with Gasteiger partial charge in [-0.2, -0.15) is 5.10 Å². The summed E-state index contributed by atoms with van der Waals surface area (Å²) in [5, 5.41) is 7.05. The van der Waals surface area contributed by atoms with Gasteiger partial charge in [0.15, 0.2) is 0 Å². The van der Waals surface area contributed by atoms with Gasteiger partial charge in [-0.3, -0.25) is 9.48 Å². The lowest BCUT2D eigenvalue weighted by Gasteiger charge is -2.09. The highest BCUT2D eigenvalue weighted by atomic mass is 16.2. The van der Waals surface area contributed by atoms with Crippen LogP contribution in [-0.4, -0.2) is 15.7 Å². The Morgan fingerprint density at radius 2 is 2.05 bits per heavy atom. The third kappa shape index (κ3) is 3.00. The van der Waals surface area contributed by atoms with Crippen molar-refractivity contribution in [1.29, 1.82) is 0 Å². The van der Waals surface area contributed by atoms with Gasteiger partial charge in [0.05, 0.1) is 5.69 Å². The van der Waals surface area contributed by atoms with E-state index in [0.29, 0.717) is 18.8 Å². The van der Waals surface area contributed by atoms with Gasteiger partial charge >= 0.3 is 0 Å². The second-order valence-electron chi connectivity index (χ2n) is 4.45. The van der Waals surface area contributed by atoms with Crippen LogP contribution in [0.4, 0.5) is 0 Å². The number of aryl methyl sites for hydroxylation is 2. The Morgan fingerprint density at radius 3 is 2.63 bits per heavy atom. The number of benzene rings is 1. The fourth-order valence-corrected chi connectivity index (χ4v) is 2.02. The SMILES string of the molecule is Cc1cc(C(=O)NCc2ccccc2CN)n(C)n1. The van der Waals surface area contributed by atoms with Gasteiger partial charge in [-0.05, 0) is 24.1 Å². The molecule has 0 saturated carbocycles. The van der Waals surface area contributed by atoms with Crippen LogP contribution in [0.3, 0.4) is 0 Å². The number of nitrogens with zero attached hydrogens (tertiary/aromatic N) is 2. The van der Waals surface area contributed by atoms with Crippen LogP contribution in [0.1, 0.15) is 27.3 Å². The summed E-state index contributed by atoms with van der Waals surface area (Å²) in [6.45, 7) is 2.80. The standard InChI is InChI=1S/C14H18N4O/c1-10-7-13(18(2)17-10)14(19)16-9-12-6-4-3-5-11(12)8-15/h3-7H,8-9,15H2,1-2H3,(H,16,19). The number of carbonyl (C=O) groups is 1. The van der Waals surface area contributed by atoms with E-state index < -0.39 is 0 Å². The smallest absolute Gasteiger partial charge is 0.269 e. The summed E-state index contributed by atoms with van der Waals surface area (Å²) in [6.07, 6.45) is 0. The molecule has 0 radical (unpaired) electrons. The molecule has 2 aromatic rings. The highest BCUT2D eigenvalue weighted by Gasteiger charge is 2.11. The quantitative estimate of drug-likeness (QED) is 0.863. The van der Waals surface area contributed by atoms with Crippen LogP contribution < -0.4 is 11.1 Å². The van der Waals surface area contributed by atoms with Crippen molar-refractivity contribution < 1.29 is 4.79 Å². The first-order chi connectivity index (χ1) is 9.11. The van der Waals surface area contributed by atoms with Gasteiger partial charge in [0.2, 0.25) is 0 Å².